The van der Waals surface area contributed by atoms with Crippen LogP contribution in [0.1, 0.15) is 24.5 Å². The molecule has 0 saturated heterocycles. The maximum Gasteiger partial charge on any atom is 0.200 e. The molecule has 5 nitrogen and oxygen atoms in total. The molecule has 2 heterocycles. The number of halogens is 1. The molecule has 1 aliphatic rings. The van der Waals surface area contributed by atoms with E-state index in [4.69, 9.17) is 0 Å². The molecule has 0 spiro atoms. The van der Waals surface area contributed by atoms with Crippen molar-refractivity contribution in [3.63, 3.8) is 0 Å². The average Bonchev–Trinajstić information content (AvgIpc) is 2.67. The molecule has 1 atom stereocenters. The number of aromatic nitrogens is 1. The smallest absolute Gasteiger partial charge is 0.200 e. The molecule has 0 radical (unpaired) electrons. The number of aliphatic imine (C=N–C) groups is 1. The molecule has 2 aromatic rings. The van der Waals surface area contributed by atoms with E-state index in [-0.39, 0.29) is 5.82 Å². The standard InChI is InChI=1S/C20H23FN4O/c1-14-18(16-9-12-22-13-10-16)24-20(25(2)19(14)26)23-11-3-4-15-5-7-17(21)8-6-15/h5-10,12-13,19,26H,3-4,11H2,1-2H3,(H,23,24). The third-order valence-electron chi connectivity index (χ3n) is 4.49. The molecule has 6 heteroatoms. The molecule has 136 valence electrons. The quantitative estimate of drug-likeness (QED) is 0.811. The fourth-order valence-corrected chi connectivity index (χ4v) is 2.92. The molecular weight excluding hydrogens is 331 g/mol. The molecule has 3 rings (SSSR count). The van der Waals surface area contributed by atoms with Crippen molar-refractivity contribution < 1.29 is 9.50 Å². The van der Waals surface area contributed by atoms with Gasteiger partial charge < -0.3 is 15.3 Å². The van der Waals surface area contributed by atoms with E-state index in [1.807, 2.05) is 26.1 Å². The molecule has 1 aromatic carbocycles. The Bertz CT molecular complexity index is 802. The Morgan fingerprint density at radius 2 is 1.88 bits per heavy atom. The van der Waals surface area contributed by atoms with Gasteiger partial charge in [-0.15, -0.1) is 0 Å². The van der Waals surface area contributed by atoms with Gasteiger partial charge in [-0.3, -0.25) is 9.98 Å². The van der Waals surface area contributed by atoms with Crippen molar-refractivity contribution >= 4 is 11.7 Å². The summed E-state index contributed by atoms with van der Waals surface area (Å²) < 4.78 is 12.9. The van der Waals surface area contributed by atoms with Crippen LogP contribution in [0.5, 0.6) is 0 Å². The van der Waals surface area contributed by atoms with Crippen molar-refractivity contribution in [3.05, 3.63) is 71.3 Å². The van der Waals surface area contributed by atoms with Gasteiger partial charge in [0.1, 0.15) is 5.82 Å². The van der Waals surface area contributed by atoms with E-state index >= 15 is 0 Å². The average molecular weight is 354 g/mol. The molecule has 0 bridgehead atoms. The van der Waals surface area contributed by atoms with E-state index in [0.717, 1.165) is 35.2 Å². The van der Waals surface area contributed by atoms with Crippen molar-refractivity contribution in [1.29, 1.82) is 0 Å². The van der Waals surface area contributed by atoms with Gasteiger partial charge in [-0.1, -0.05) is 12.1 Å². The minimum absolute atomic E-state index is 0.221. The number of aliphatic hydroxyl groups excluding tert-OH is 1. The molecule has 0 aliphatic carbocycles. The van der Waals surface area contributed by atoms with Crippen LogP contribution in [0.25, 0.3) is 5.70 Å². The number of guanidine groups is 1. The van der Waals surface area contributed by atoms with Gasteiger partial charge >= 0.3 is 0 Å². The van der Waals surface area contributed by atoms with Crippen molar-refractivity contribution in [1.82, 2.24) is 15.2 Å². The van der Waals surface area contributed by atoms with Crippen LogP contribution in [0.4, 0.5) is 4.39 Å². The Morgan fingerprint density at radius 3 is 2.58 bits per heavy atom. The molecule has 1 aliphatic heterocycles. The summed E-state index contributed by atoms with van der Waals surface area (Å²) in [7, 11) is 1.81. The maximum atomic E-state index is 12.9. The lowest BCUT2D eigenvalue weighted by Gasteiger charge is -2.35. The molecule has 1 aromatic heterocycles. The highest BCUT2D eigenvalue weighted by atomic mass is 19.1. The van der Waals surface area contributed by atoms with Gasteiger partial charge in [0.05, 0.1) is 5.70 Å². The van der Waals surface area contributed by atoms with Gasteiger partial charge in [-0.25, -0.2) is 4.39 Å². The number of hydrogen-bond acceptors (Lipinski definition) is 3. The summed E-state index contributed by atoms with van der Waals surface area (Å²) in [5, 5.41) is 13.8. The van der Waals surface area contributed by atoms with E-state index in [9.17, 15) is 9.50 Å². The number of likely N-dealkylation sites (N-methyl/N-ethyl adjacent to an activating group) is 1. The van der Waals surface area contributed by atoms with Gasteiger partial charge in [0.25, 0.3) is 0 Å². The van der Waals surface area contributed by atoms with Gasteiger partial charge in [0.2, 0.25) is 5.96 Å². The first-order valence-electron chi connectivity index (χ1n) is 8.64. The molecule has 0 fully saturated rings. The summed E-state index contributed by atoms with van der Waals surface area (Å²) >= 11 is 0. The molecule has 2 N–H and O–H groups in total. The lowest BCUT2D eigenvalue weighted by atomic mass is 10.1. The first-order chi connectivity index (χ1) is 12.6. The number of pyridine rings is 1. The van der Waals surface area contributed by atoms with Gasteiger partial charge in [0.15, 0.2) is 6.23 Å². The number of hydrogen-bond donors (Lipinski definition) is 2. The van der Waals surface area contributed by atoms with Crippen LogP contribution in [0.2, 0.25) is 0 Å². The van der Waals surface area contributed by atoms with Crippen LogP contribution >= 0.6 is 0 Å². The fourth-order valence-electron chi connectivity index (χ4n) is 2.92. The summed E-state index contributed by atoms with van der Waals surface area (Å²) in [5.41, 5.74) is 3.74. The Labute approximate surface area is 152 Å². The minimum atomic E-state index is -0.727. The molecule has 1 unspecified atom stereocenters. The second-order valence-electron chi connectivity index (χ2n) is 6.34. The topological polar surface area (TPSA) is 60.8 Å². The normalized spacial score (nSPS) is 19.0. The fraction of sp³-hybridized carbons (Fsp3) is 0.300. The number of nitrogens with zero attached hydrogens (tertiary/aromatic N) is 3. The molecular formula is C20H23FN4O. The highest BCUT2D eigenvalue weighted by Gasteiger charge is 2.26. The minimum Gasteiger partial charge on any atom is -0.369 e. The van der Waals surface area contributed by atoms with Crippen LogP contribution in [0.3, 0.4) is 0 Å². The summed E-state index contributed by atoms with van der Waals surface area (Å²) in [4.78, 5) is 10.4. The van der Waals surface area contributed by atoms with Crippen molar-refractivity contribution in [2.24, 2.45) is 4.99 Å². The van der Waals surface area contributed by atoms with Crippen LogP contribution < -0.4 is 5.32 Å². The van der Waals surface area contributed by atoms with Crippen LogP contribution in [0, 0.1) is 5.82 Å². The van der Waals surface area contributed by atoms with E-state index in [1.54, 1.807) is 29.4 Å². The van der Waals surface area contributed by atoms with Crippen LogP contribution in [-0.4, -0.2) is 40.8 Å². The second-order valence-corrected chi connectivity index (χ2v) is 6.34. The predicted molar refractivity (Wildman–Crippen MR) is 101 cm³/mol. The summed E-state index contributed by atoms with van der Waals surface area (Å²) in [6.07, 6.45) is 4.39. The van der Waals surface area contributed by atoms with Crippen LogP contribution in [-0.2, 0) is 6.42 Å². The van der Waals surface area contributed by atoms with E-state index in [1.165, 1.54) is 12.1 Å². The van der Waals surface area contributed by atoms with Crippen molar-refractivity contribution in [2.75, 3.05) is 13.6 Å². The lowest BCUT2D eigenvalue weighted by Crippen LogP contribution is -2.49. The SMILES string of the molecule is CC1=C(c2ccncc2)NC(=NCCCc2ccc(F)cc2)N(C)C1O. The first-order valence-corrected chi connectivity index (χ1v) is 8.64. The summed E-state index contributed by atoms with van der Waals surface area (Å²) in [6.45, 7) is 2.51. The first kappa shape index (κ1) is 18.1. The van der Waals surface area contributed by atoms with E-state index in [0.29, 0.717) is 12.5 Å². The largest absolute Gasteiger partial charge is 0.369 e. The number of rotatable bonds is 5. The van der Waals surface area contributed by atoms with Gasteiger partial charge in [-0.05, 0) is 55.2 Å². The Morgan fingerprint density at radius 1 is 1.19 bits per heavy atom. The van der Waals surface area contributed by atoms with Crippen molar-refractivity contribution in [2.45, 2.75) is 26.0 Å². The van der Waals surface area contributed by atoms with E-state index in [2.05, 4.69) is 15.3 Å². The zero-order chi connectivity index (χ0) is 18.5. The monoisotopic (exact) mass is 354 g/mol. The third kappa shape index (κ3) is 4.08. The van der Waals surface area contributed by atoms with Gasteiger partial charge in [0, 0.05) is 31.5 Å². The Hall–Kier alpha value is -2.73. The Kier molecular flexibility index (Phi) is 5.63. The molecule has 26 heavy (non-hydrogen) atoms. The summed E-state index contributed by atoms with van der Waals surface area (Å²) in [5.74, 6) is 0.413. The van der Waals surface area contributed by atoms with Crippen LogP contribution in [0.15, 0.2) is 59.4 Å². The Balaban J connectivity index is 1.67. The highest BCUT2D eigenvalue weighted by Crippen LogP contribution is 2.23. The number of aliphatic hydroxyl groups is 1. The zero-order valence-corrected chi connectivity index (χ0v) is 15.0. The number of nitrogens with one attached hydrogen (secondary N) is 1. The maximum absolute atomic E-state index is 12.9. The zero-order valence-electron chi connectivity index (χ0n) is 15.0. The third-order valence-corrected chi connectivity index (χ3v) is 4.49. The van der Waals surface area contributed by atoms with E-state index < -0.39 is 6.23 Å². The molecule has 0 saturated carbocycles. The van der Waals surface area contributed by atoms with Gasteiger partial charge in [-0.2, -0.15) is 0 Å². The lowest BCUT2D eigenvalue weighted by molar-refractivity contribution is 0.0978. The van der Waals surface area contributed by atoms with Crippen molar-refractivity contribution in [3.8, 4) is 0 Å². The second kappa shape index (κ2) is 8.10. The summed E-state index contributed by atoms with van der Waals surface area (Å²) in [6, 6.07) is 10.3. The highest BCUT2D eigenvalue weighted by molar-refractivity contribution is 5.92. The number of benzene rings is 1. The number of aryl methyl sites for hydroxylation is 1. The molecule has 0 amide bonds. The predicted octanol–water partition coefficient (Wildman–Crippen LogP) is 2.79.